The topological polar surface area (TPSA) is 114 Å². The van der Waals surface area contributed by atoms with Crippen molar-refractivity contribution in [1.82, 2.24) is 4.90 Å². The molecule has 1 fully saturated rings. The Morgan fingerprint density at radius 1 is 1.17 bits per heavy atom. The third-order valence-electron chi connectivity index (χ3n) is 5.06. The number of ether oxygens (including phenoxy) is 2. The fourth-order valence-electron chi connectivity index (χ4n) is 3.52. The zero-order valence-corrected chi connectivity index (χ0v) is 17.1. The van der Waals surface area contributed by atoms with E-state index in [1.54, 1.807) is 24.3 Å². The minimum atomic E-state index is -3.32. The quantitative estimate of drug-likeness (QED) is 0.539. The van der Waals surface area contributed by atoms with E-state index < -0.39 is 27.7 Å². The van der Waals surface area contributed by atoms with Crippen LogP contribution in [0.5, 0.6) is 11.5 Å². The summed E-state index contributed by atoms with van der Waals surface area (Å²) in [5, 5.41) is 9.47. The molecule has 0 N–H and O–H groups in total. The first-order valence-electron chi connectivity index (χ1n) is 8.85. The van der Waals surface area contributed by atoms with Gasteiger partial charge >= 0.3 is 0 Å². The summed E-state index contributed by atoms with van der Waals surface area (Å²) in [6.45, 7) is 1.53. The van der Waals surface area contributed by atoms with Crippen molar-refractivity contribution in [1.29, 1.82) is 5.26 Å². The number of imide groups is 1. The van der Waals surface area contributed by atoms with Crippen LogP contribution in [-0.2, 0) is 19.4 Å². The van der Waals surface area contributed by atoms with E-state index in [0.29, 0.717) is 17.1 Å². The normalized spacial score (nSPS) is 22.8. The van der Waals surface area contributed by atoms with Crippen LogP contribution < -0.4 is 9.47 Å². The number of carbonyl (C=O) groups excluding carboxylic acids is 2. The first-order chi connectivity index (χ1) is 13.7. The molecular weight excluding hydrogens is 396 g/mol. The molecule has 0 bridgehead atoms. The second-order valence-corrected chi connectivity index (χ2v) is 9.05. The highest BCUT2D eigenvalue weighted by Crippen LogP contribution is 2.33. The molecule has 1 aromatic rings. The smallest absolute Gasteiger partial charge is 0.271 e. The van der Waals surface area contributed by atoms with Crippen LogP contribution in [0.1, 0.15) is 18.9 Å². The molecule has 0 aromatic heterocycles. The van der Waals surface area contributed by atoms with E-state index in [9.17, 15) is 23.3 Å². The van der Waals surface area contributed by atoms with E-state index in [-0.39, 0.29) is 34.6 Å². The number of hydrogen-bond donors (Lipinski definition) is 0. The third kappa shape index (κ3) is 3.76. The first-order valence-corrected chi connectivity index (χ1v) is 10.7. The van der Waals surface area contributed by atoms with Gasteiger partial charge in [-0.2, -0.15) is 5.26 Å². The van der Waals surface area contributed by atoms with Gasteiger partial charge in [-0.1, -0.05) is 6.07 Å². The lowest BCUT2D eigenvalue weighted by molar-refractivity contribution is -0.142. The summed E-state index contributed by atoms with van der Waals surface area (Å²) in [6, 6.07) is 6.13. The van der Waals surface area contributed by atoms with Gasteiger partial charge in [-0.3, -0.25) is 14.5 Å². The molecule has 3 rings (SSSR count). The lowest BCUT2D eigenvalue weighted by Crippen LogP contribution is -2.49. The van der Waals surface area contributed by atoms with Crippen molar-refractivity contribution in [2.45, 2.75) is 19.4 Å². The number of nitriles is 1. The minimum absolute atomic E-state index is 0.0892. The highest BCUT2D eigenvalue weighted by atomic mass is 32.2. The number of sulfone groups is 1. The number of methoxy groups -OCH3 is 2. The summed E-state index contributed by atoms with van der Waals surface area (Å²) in [6.07, 6.45) is 1.72. The maximum absolute atomic E-state index is 13.1. The molecule has 0 saturated carbocycles. The van der Waals surface area contributed by atoms with Crippen LogP contribution in [0.2, 0.25) is 0 Å². The van der Waals surface area contributed by atoms with E-state index >= 15 is 0 Å². The van der Waals surface area contributed by atoms with Crippen molar-refractivity contribution in [3.05, 3.63) is 40.5 Å². The molecule has 0 aliphatic carbocycles. The Morgan fingerprint density at radius 3 is 2.41 bits per heavy atom. The molecule has 8 nitrogen and oxygen atoms in total. The van der Waals surface area contributed by atoms with Crippen molar-refractivity contribution < 1.29 is 27.5 Å². The average molecular weight is 416 g/mol. The highest BCUT2D eigenvalue weighted by molar-refractivity contribution is 7.91. The number of amides is 2. The van der Waals surface area contributed by atoms with E-state index in [1.165, 1.54) is 21.1 Å². The molecule has 1 atom stereocenters. The first kappa shape index (κ1) is 20.6. The predicted molar refractivity (Wildman–Crippen MR) is 105 cm³/mol. The summed E-state index contributed by atoms with van der Waals surface area (Å²) in [7, 11) is -0.325. The van der Waals surface area contributed by atoms with Crippen molar-refractivity contribution >= 4 is 27.7 Å². The van der Waals surface area contributed by atoms with E-state index in [0.717, 1.165) is 4.90 Å². The summed E-state index contributed by atoms with van der Waals surface area (Å²) >= 11 is 0. The predicted octanol–water partition coefficient (Wildman–Crippen LogP) is 1.48. The number of rotatable bonds is 4. The second-order valence-electron chi connectivity index (χ2n) is 6.82. The summed E-state index contributed by atoms with van der Waals surface area (Å²) in [5.41, 5.74) is 0.865. The third-order valence-corrected chi connectivity index (χ3v) is 6.82. The largest absolute Gasteiger partial charge is 0.493 e. The van der Waals surface area contributed by atoms with Crippen LogP contribution in [0, 0.1) is 11.3 Å². The van der Waals surface area contributed by atoms with Crippen molar-refractivity contribution in [3.63, 3.8) is 0 Å². The van der Waals surface area contributed by atoms with Gasteiger partial charge in [0.1, 0.15) is 11.6 Å². The number of nitrogens with zero attached hydrogens (tertiary/aromatic N) is 2. The Kier molecular flexibility index (Phi) is 5.48. The SMILES string of the molecule is COc1ccc(/C=C2\C(=O)N([C@H]3CCS(=O)(=O)C3)C(=O)C(C#N)=C2C)cc1OC. The maximum Gasteiger partial charge on any atom is 0.271 e. The summed E-state index contributed by atoms with van der Waals surface area (Å²) in [4.78, 5) is 26.8. The van der Waals surface area contributed by atoms with Gasteiger partial charge in [-0.05, 0) is 42.7 Å². The average Bonchev–Trinajstić information content (AvgIpc) is 3.04. The lowest BCUT2D eigenvalue weighted by atomic mass is 9.92. The van der Waals surface area contributed by atoms with Crippen LogP contribution in [0.4, 0.5) is 0 Å². The standard InChI is InChI=1S/C20H20N2O6S/c1-12-15(8-13-4-5-17(27-2)18(9-13)28-3)19(23)22(20(24)16(12)10-21)14-6-7-29(25,26)11-14/h4-5,8-9,14H,6-7,11H2,1-3H3/b15-8-/t14-/m0/s1. The lowest BCUT2D eigenvalue weighted by Gasteiger charge is -2.31. The molecule has 0 unspecified atom stereocenters. The molecule has 29 heavy (non-hydrogen) atoms. The Hall–Kier alpha value is -3.12. The molecule has 2 heterocycles. The molecule has 2 amide bonds. The maximum atomic E-state index is 13.1. The number of carbonyl (C=O) groups is 2. The fraction of sp³-hybridized carbons (Fsp3) is 0.350. The molecule has 1 saturated heterocycles. The van der Waals surface area contributed by atoms with Crippen LogP contribution in [-0.4, -0.2) is 56.9 Å². The zero-order chi connectivity index (χ0) is 21.3. The minimum Gasteiger partial charge on any atom is -0.493 e. The van der Waals surface area contributed by atoms with E-state index in [1.807, 2.05) is 6.07 Å². The molecule has 0 radical (unpaired) electrons. The van der Waals surface area contributed by atoms with Gasteiger partial charge in [0.2, 0.25) is 0 Å². The molecule has 2 aliphatic heterocycles. The molecule has 9 heteroatoms. The van der Waals surface area contributed by atoms with Gasteiger partial charge in [-0.25, -0.2) is 8.42 Å². The Bertz CT molecular complexity index is 1090. The van der Waals surface area contributed by atoms with Crippen molar-refractivity contribution in [2.75, 3.05) is 25.7 Å². The van der Waals surface area contributed by atoms with E-state index in [2.05, 4.69) is 0 Å². The Labute approximate surface area is 168 Å². The van der Waals surface area contributed by atoms with Crippen LogP contribution in [0.3, 0.4) is 0 Å². The molecule has 152 valence electrons. The van der Waals surface area contributed by atoms with Crippen LogP contribution in [0.15, 0.2) is 34.9 Å². The van der Waals surface area contributed by atoms with Gasteiger partial charge < -0.3 is 9.47 Å². The van der Waals surface area contributed by atoms with E-state index in [4.69, 9.17) is 9.47 Å². The fourth-order valence-corrected chi connectivity index (χ4v) is 5.22. The van der Waals surface area contributed by atoms with Crippen molar-refractivity contribution in [3.8, 4) is 17.6 Å². The molecule has 2 aliphatic rings. The van der Waals surface area contributed by atoms with Gasteiger partial charge in [0, 0.05) is 5.57 Å². The summed E-state index contributed by atoms with van der Waals surface area (Å²) < 4.78 is 34.2. The van der Waals surface area contributed by atoms with Crippen molar-refractivity contribution in [2.24, 2.45) is 0 Å². The van der Waals surface area contributed by atoms with Gasteiger partial charge in [0.05, 0.1) is 31.8 Å². The highest BCUT2D eigenvalue weighted by Gasteiger charge is 2.43. The molecular formula is C20H20N2O6S. The zero-order valence-electron chi connectivity index (χ0n) is 16.3. The molecule has 0 spiro atoms. The van der Waals surface area contributed by atoms with Gasteiger partial charge in [0.25, 0.3) is 11.8 Å². The molecule has 1 aromatic carbocycles. The number of hydrogen-bond acceptors (Lipinski definition) is 7. The summed E-state index contributed by atoms with van der Waals surface area (Å²) in [5.74, 6) is -0.755. The van der Waals surface area contributed by atoms with Gasteiger partial charge in [0.15, 0.2) is 21.3 Å². The monoisotopic (exact) mass is 416 g/mol. The Balaban J connectivity index is 2.09. The van der Waals surface area contributed by atoms with Gasteiger partial charge in [-0.15, -0.1) is 0 Å². The van der Waals surface area contributed by atoms with Crippen LogP contribution in [0.25, 0.3) is 6.08 Å². The Morgan fingerprint density at radius 2 is 1.86 bits per heavy atom. The number of benzene rings is 1. The second kappa shape index (κ2) is 7.72. The van der Waals surface area contributed by atoms with Crippen LogP contribution >= 0.6 is 0 Å².